The van der Waals surface area contributed by atoms with Crippen molar-refractivity contribution in [2.75, 3.05) is 5.32 Å². The fourth-order valence-electron chi connectivity index (χ4n) is 1.20. The smallest absolute Gasteiger partial charge is 0.214 e. The van der Waals surface area contributed by atoms with Crippen LogP contribution in [0.5, 0.6) is 0 Å². The van der Waals surface area contributed by atoms with Crippen LogP contribution in [0.2, 0.25) is 5.02 Å². The molecule has 0 aliphatic rings. The average molecular weight is 223 g/mol. The first-order valence-corrected chi connectivity index (χ1v) is 4.76. The molecule has 2 rings (SSSR count). The summed E-state index contributed by atoms with van der Waals surface area (Å²) >= 11 is 5.94. The first-order chi connectivity index (χ1) is 7.25. The highest BCUT2D eigenvalue weighted by molar-refractivity contribution is 6.33. The normalized spacial score (nSPS) is 10.0. The second-order valence-corrected chi connectivity index (χ2v) is 3.38. The number of hydrogen-bond donors (Lipinski definition) is 1. The Hall–Kier alpha value is -1.61. The van der Waals surface area contributed by atoms with E-state index in [9.17, 15) is 4.39 Å². The third-order valence-electron chi connectivity index (χ3n) is 1.88. The summed E-state index contributed by atoms with van der Waals surface area (Å²) in [6.07, 6.45) is 1.40. The van der Waals surface area contributed by atoms with Gasteiger partial charge in [-0.05, 0) is 18.2 Å². The average Bonchev–Trinajstić information content (AvgIpc) is 2.22. The van der Waals surface area contributed by atoms with Crippen LogP contribution in [-0.2, 0) is 0 Å². The molecule has 0 aliphatic heterocycles. The molecule has 0 saturated heterocycles. The van der Waals surface area contributed by atoms with Crippen molar-refractivity contribution >= 4 is 23.0 Å². The van der Waals surface area contributed by atoms with Gasteiger partial charge in [0.05, 0.1) is 10.7 Å². The van der Waals surface area contributed by atoms with E-state index in [4.69, 9.17) is 11.6 Å². The number of benzene rings is 1. The number of aromatic nitrogens is 1. The van der Waals surface area contributed by atoms with Crippen LogP contribution >= 0.6 is 11.6 Å². The quantitative estimate of drug-likeness (QED) is 0.785. The van der Waals surface area contributed by atoms with Gasteiger partial charge in [0.25, 0.3) is 0 Å². The van der Waals surface area contributed by atoms with Crippen molar-refractivity contribution in [3.05, 3.63) is 53.6 Å². The molecule has 1 aromatic heterocycles. The van der Waals surface area contributed by atoms with Crippen LogP contribution in [0.4, 0.5) is 15.8 Å². The summed E-state index contributed by atoms with van der Waals surface area (Å²) in [5.74, 6) is -0.521. The van der Waals surface area contributed by atoms with Gasteiger partial charge in [-0.3, -0.25) is 0 Å². The largest absolute Gasteiger partial charge is 0.354 e. The summed E-state index contributed by atoms with van der Waals surface area (Å²) in [7, 11) is 0. The predicted octanol–water partition coefficient (Wildman–Crippen LogP) is 3.62. The first kappa shape index (κ1) is 9.93. The van der Waals surface area contributed by atoms with Gasteiger partial charge in [0, 0.05) is 18.0 Å². The van der Waals surface area contributed by atoms with Gasteiger partial charge >= 0.3 is 0 Å². The topological polar surface area (TPSA) is 24.9 Å². The summed E-state index contributed by atoms with van der Waals surface area (Å²) in [4.78, 5) is 3.46. The second kappa shape index (κ2) is 4.28. The van der Waals surface area contributed by atoms with E-state index >= 15 is 0 Å². The number of hydrogen-bond acceptors (Lipinski definition) is 2. The van der Waals surface area contributed by atoms with E-state index in [1.165, 1.54) is 12.3 Å². The zero-order valence-corrected chi connectivity index (χ0v) is 8.50. The Morgan fingerprint density at radius 1 is 1.20 bits per heavy atom. The number of nitrogens with zero attached hydrogens (tertiary/aromatic N) is 1. The number of anilines is 2. The minimum atomic E-state index is -0.521. The maximum absolute atomic E-state index is 12.8. The standard InChI is InChI=1S/C11H8ClFN2/c12-9-3-1-2-4-10(9)15-8-5-6-14-11(13)7-8/h1-7H,(H,14,15). The molecule has 2 nitrogen and oxygen atoms in total. The van der Waals surface area contributed by atoms with E-state index in [2.05, 4.69) is 10.3 Å². The third kappa shape index (κ3) is 2.44. The van der Waals surface area contributed by atoms with Gasteiger partial charge in [0.2, 0.25) is 5.95 Å². The molecule has 0 spiro atoms. The molecule has 0 radical (unpaired) electrons. The summed E-state index contributed by atoms with van der Waals surface area (Å²) in [5.41, 5.74) is 1.36. The van der Waals surface area contributed by atoms with E-state index in [0.29, 0.717) is 10.7 Å². The summed E-state index contributed by atoms with van der Waals surface area (Å²) in [6, 6.07) is 10.3. The number of rotatable bonds is 2. The van der Waals surface area contributed by atoms with Crippen LogP contribution < -0.4 is 5.32 Å². The van der Waals surface area contributed by atoms with Gasteiger partial charge in [-0.15, -0.1) is 0 Å². The summed E-state index contributed by atoms with van der Waals surface area (Å²) in [5, 5.41) is 3.59. The molecule has 0 saturated carbocycles. The molecule has 1 aromatic carbocycles. The first-order valence-electron chi connectivity index (χ1n) is 4.39. The maximum atomic E-state index is 12.8. The molecule has 0 bridgehead atoms. The molecule has 15 heavy (non-hydrogen) atoms. The van der Waals surface area contributed by atoms with Crippen LogP contribution in [0.25, 0.3) is 0 Å². The fraction of sp³-hybridized carbons (Fsp3) is 0. The van der Waals surface area contributed by atoms with Gasteiger partial charge in [-0.1, -0.05) is 23.7 Å². The lowest BCUT2D eigenvalue weighted by atomic mass is 10.3. The molecule has 4 heteroatoms. The van der Waals surface area contributed by atoms with Gasteiger partial charge < -0.3 is 5.32 Å². The van der Waals surface area contributed by atoms with Crippen LogP contribution in [0.3, 0.4) is 0 Å². The maximum Gasteiger partial charge on any atom is 0.214 e. The summed E-state index contributed by atoms with van der Waals surface area (Å²) < 4.78 is 12.8. The molecule has 2 aromatic rings. The second-order valence-electron chi connectivity index (χ2n) is 2.97. The van der Waals surface area contributed by atoms with E-state index in [1.807, 2.05) is 18.2 Å². The Bertz CT molecular complexity index is 474. The van der Waals surface area contributed by atoms with Gasteiger partial charge in [0.15, 0.2) is 0 Å². The molecular formula is C11H8ClFN2. The van der Waals surface area contributed by atoms with Crippen molar-refractivity contribution in [2.45, 2.75) is 0 Å². The molecule has 76 valence electrons. The summed E-state index contributed by atoms with van der Waals surface area (Å²) in [6.45, 7) is 0. The molecule has 1 heterocycles. The number of para-hydroxylation sites is 1. The van der Waals surface area contributed by atoms with Gasteiger partial charge in [-0.25, -0.2) is 4.98 Å². The van der Waals surface area contributed by atoms with Crippen molar-refractivity contribution in [2.24, 2.45) is 0 Å². The predicted molar refractivity (Wildman–Crippen MR) is 58.9 cm³/mol. The van der Waals surface area contributed by atoms with Gasteiger partial charge in [0.1, 0.15) is 0 Å². The Morgan fingerprint density at radius 2 is 2.00 bits per heavy atom. The molecule has 0 amide bonds. The lowest BCUT2D eigenvalue weighted by molar-refractivity contribution is 0.584. The molecule has 0 atom stereocenters. The van der Waals surface area contributed by atoms with Crippen molar-refractivity contribution in [3.8, 4) is 0 Å². The highest BCUT2D eigenvalue weighted by atomic mass is 35.5. The minimum absolute atomic E-state index is 0.521. The van der Waals surface area contributed by atoms with Crippen molar-refractivity contribution in [3.63, 3.8) is 0 Å². The van der Waals surface area contributed by atoms with E-state index < -0.39 is 5.95 Å². The SMILES string of the molecule is Fc1cc(Nc2ccccc2Cl)ccn1. The lowest BCUT2D eigenvalue weighted by Gasteiger charge is -2.07. The van der Waals surface area contributed by atoms with Crippen LogP contribution in [-0.4, -0.2) is 4.98 Å². The lowest BCUT2D eigenvalue weighted by Crippen LogP contribution is -1.92. The van der Waals surface area contributed by atoms with Crippen molar-refractivity contribution < 1.29 is 4.39 Å². The van der Waals surface area contributed by atoms with Crippen molar-refractivity contribution in [1.82, 2.24) is 4.98 Å². The zero-order chi connectivity index (χ0) is 10.7. The van der Waals surface area contributed by atoms with Gasteiger partial charge in [-0.2, -0.15) is 4.39 Å². The highest BCUT2D eigenvalue weighted by Gasteiger charge is 2.00. The Kier molecular flexibility index (Phi) is 2.83. The molecule has 1 N–H and O–H groups in total. The van der Waals surface area contributed by atoms with Crippen molar-refractivity contribution in [1.29, 1.82) is 0 Å². The number of halogens is 2. The fourth-order valence-corrected chi connectivity index (χ4v) is 1.38. The molecule has 0 unspecified atom stereocenters. The molecule has 0 aliphatic carbocycles. The minimum Gasteiger partial charge on any atom is -0.354 e. The molecular weight excluding hydrogens is 215 g/mol. The van der Waals surface area contributed by atoms with E-state index in [0.717, 1.165) is 5.69 Å². The van der Waals surface area contributed by atoms with E-state index in [-0.39, 0.29) is 0 Å². The van der Waals surface area contributed by atoms with Crippen LogP contribution in [0, 0.1) is 5.95 Å². The zero-order valence-electron chi connectivity index (χ0n) is 7.74. The Labute approximate surface area is 91.7 Å². The number of nitrogens with one attached hydrogen (secondary N) is 1. The monoisotopic (exact) mass is 222 g/mol. The number of pyridine rings is 1. The van der Waals surface area contributed by atoms with Crippen LogP contribution in [0.15, 0.2) is 42.6 Å². The Balaban J connectivity index is 2.26. The van der Waals surface area contributed by atoms with E-state index in [1.54, 1.807) is 12.1 Å². The Morgan fingerprint density at radius 3 is 2.73 bits per heavy atom. The highest BCUT2D eigenvalue weighted by Crippen LogP contribution is 2.24. The third-order valence-corrected chi connectivity index (χ3v) is 2.21. The van der Waals surface area contributed by atoms with Crippen LogP contribution in [0.1, 0.15) is 0 Å². The molecule has 0 fully saturated rings.